The molecule has 0 bridgehead atoms. The van der Waals surface area contributed by atoms with Crippen molar-refractivity contribution >= 4 is 5.91 Å². The number of rotatable bonds is 3. The van der Waals surface area contributed by atoms with Crippen LogP contribution in [0.25, 0.3) is 0 Å². The molecule has 0 spiro atoms. The highest BCUT2D eigenvalue weighted by atomic mass is 16.2. The molecular formula is C14H27N3O. The van der Waals surface area contributed by atoms with Crippen LogP contribution < -0.4 is 5.32 Å². The van der Waals surface area contributed by atoms with Crippen LogP contribution in [0.2, 0.25) is 0 Å². The van der Waals surface area contributed by atoms with Crippen molar-refractivity contribution in [2.75, 3.05) is 32.7 Å². The molecule has 1 unspecified atom stereocenters. The normalized spacial score (nSPS) is 30.4. The van der Waals surface area contributed by atoms with Gasteiger partial charge in [-0.3, -0.25) is 9.69 Å². The van der Waals surface area contributed by atoms with Gasteiger partial charge >= 0.3 is 0 Å². The second-order valence-electron chi connectivity index (χ2n) is 5.74. The van der Waals surface area contributed by atoms with E-state index in [0.29, 0.717) is 24.5 Å². The van der Waals surface area contributed by atoms with Gasteiger partial charge in [0.25, 0.3) is 0 Å². The molecule has 2 aliphatic rings. The standard InChI is InChI=1S/C14H27N3O/c1-3-13-6-4-5-8-17(13)14(18)11-16-9-7-15-12(2)10-16/h12-13,15H,3-11H2,1-2H3/t12-,13?/m1/s1. The molecule has 0 aromatic rings. The van der Waals surface area contributed by atoms with Crippen molar-refractivity contribution in [3.05, 3.63) is 0 Å². The van der Waals surface area contributed by atoms with Crippen LogP contribution in [0.1, 0.15) is 39.5 Å². The molecule has 2 fully saturated rings. The minimum atomic E-state index is 0.343. The number of likely N-dealkylation sites (tertiary alicyclic amines) is 1. The fourth-order valence-electron chi connectivity index (χ4n) is 3.19. The lowest BCUT2D eigenvalue weighted by atomic mass is 10.00. The Morgan fingerprint density at radius 1 is 1.33 bits per heavy atom. The second kappa shape index (κ2) is 6.53. The number of carbonyl (C=O) groups is 1. The topological polar surface area (TPSA) is 35.6 Å². The van der Waals surface area contributed by atoms with Crippen LogP contribution in [-0.2, 0) is 4.79 Å². The zero-order valence-electron chi connectivity index (χ0n) is 11.8. The Morgan fingerprint density at radius 3 is 2.89 bits per heavy atom. The Hall–Kier alpha value is -0.610. The fourth-order valence-corrected chi connectivity index (χ4v) is 3.19. The van der Waals surface area contributed by atoms with Crippen LogP contribution in [0.4, 0.5) is 0 Å². The zero-order chi connectivity index (χ0) is 13.0. The summed E-state index contributed by atoms with van der Waals surface area (Å²) in [6.45, 7) is 8.97. The lowest BCUT2D eigenvalue weighted by Crippen LogP contribution is -2.54. The van der Waals surface area contributed by atoms with Crippen LogP contribution in [-0.4, -0.2) is 60.5 Å². The van der Waals surface area contributed by atoms with Gasteiger partial charge in [-0.25, -0.2) is 0 Å². The van der Waals surface area contributed by atoms with E-state index in [-0.39, 0.29) is 0 Å². The van der Waals surface area contributed by atoms with Gasteiger partial charge in [-0.2, -0.15) is 0 Å². The van der Waals surface area contributed by atoms with Crippen molar-refractivity contribution in [2.45, 2.75) is 51.6 Å². The zero-order valence-corrected chi connectivity index (χ0v) is 11.8. The molecule has 0 saturated carbocycles. The molecule has 0 radical (unpaired) electrons. The average molecular weight is 253 g/mol. The van der Waals surface area contributed by atoms with E-state index in [0.717, 1.165) is 32.6 Å². The third-order valence-electron chi connectivity index (χ3n) is 4.23. The van der Waals surface area contributed by atoms with E-state index in [9.17, 15) is 4.79 Å². The second-order valence-corrected chi connectivity index (χ2v) is 5.74. The molecule has 104 valence electrons. The molecule has 0 aromatic heterocycles. The Labute approximate surface area is 111 Å². The number of amides is 1. The van der Waals surface area contributed by atoms with Crippen molar-refractivity contribution in [2.24, 2.45) is 0 Å². The minimum absolute atomic E-state index is 0.343. The van der Waals surface area contributed by atoms with Gasteiger partial charge in [0.2, 0.25) is 5.91 Å². The van der Waals surface area contributed by atoms with Crippen molar-refractivity contribution in [1.82, 2.24) is 15.1 Å². The van der Waals surface area contributed by atoms with Crippen molar-refractivity contribution in [1.29, 1.82) is 0 Å². The lowest BCUT2D eigenvalue weighted by Gasteiger charge is -2.38. The summed E-state index contributed by atoms with van der Waals surface area (Å²) in [5, 5.41) is 3.42. The number of piperidine rings is 1. The van der Waals surface area contributed by atoms with Crippen LogP contribution in [0.3, 0.4) is 0 Å². The fraction of sp³-hybridized carbons (Fsp3) is 0.929. The van der Waals surface area contributed by atoms with Crippen molar-refractivity contribution in [3.8, 4) is 0 Å². The summed E-state index contributed by atoms with van der Waals surface area (Å²) in [6.07, 6.45) is 4.76. The first-order valence-electron chi connectivity index (χ1n) is 7.46. The van der Waals surface area contributed by atoms with Gasteiger partial charge in [0.15, 0.2) is 0 Å². The van der Waals surface area contributed by atoms with E-state index in [1.807, 2.05) is 0 Å². The quantitative estimate of drug-likeness (QED) is 0.817. The molecule has 2 aliphatic heterocycles. The number of hydrogen-bond acceptors (Lipinski definition) is 3. The van der Waals surface area contributed by atoms with Crippen molar-refractivity contribution in [3.63, 3.8) is 0 Å². The third kappa shape index (κ3) is 3.45. The van der Waals surface area contributed by atoms with E-state index < -0.39 is 0 Å². The summed E-state index contributed by atoms with van der Waals surface area (Å²) >= 11 is 0. The average Bonchev–Trinajstić information content (AvgIpc) is 2.38. The highest BCUT2D eigenvalue weighted by Gasteiger charge is 2.27. The van der Waals surface area contributed by atoms with Crippen molar-refractivity contribution < 1.29 is 4.79 Å². The summed E-state index contributed by atoms with van der Waals surface area (Å²) < 4.78 is 0. The summed E-state index contributed by atoms with van der Waals surface area (Å²) in [6, 6.07) is 1.00. The van der Waals surface area contributed by atoms with E-state index in [2.05, 4.69) is 29.0 Å². The van der Waals surface area contributed by atoms with Gasteiger partial charge in [-0.1, -0.05) is 6.92 Å². The Morgan fingerprint density at radius 2 is 2.17 bits per heavy atom. The maximum atomic E-state index is 12.4. The van der Waals surface area contributed by atoms with E-state index in [1.54, 1.807) is 0 Å². The van der Waals surface area contributed by atoms with Crippen LogP contribution in [0.15, 0.2) is 0 Å². The molecule has 2 saturated heterocycles. The van der Waals surface area contributed by atoms with Gasteiger partial charge in [0.05, 0.1) is 6.54 Å². The molecule has 18 heavy (non-hydrogen) atoms. The molecule has 4 heteroatoms. The minimum Gasteiger partial charge on any atom is -0.339 e. The first kappa shape index (κ1) is 13.8. The molecule has 1 N–H and O–H groups in total. The predicted molar refractivity (Wildman–Crippen MR) is 73.5 cm³/mol. The summed E-state index contributed by atoms with van der Waals surface area (Å²) in [5.41, 5.74) is 0. The van der Waals surface area contributed by atoms with E-state index >= 15 is 0 Å². The molecular weight excluding hydrogens is 226 g/mol. The monoisotopic (exact) mass is 253 g/mol. The number of carbonyl (C=O) groups excluding carboxylic acids is 1. The van der Waals surface area contributed by atoms with Gasteiger partial charge in [-0.05, 0) is 32.6 Å². The Kier molecular flexibility index (Phi) is 5.01. The highest BCUT2D eigenvalue weighted by molar-refractivity contribution is 5.78. The van der Waals surface area contributed by atoms with Crippen LogP contribution in [0, 0.1) is 0 Å². The molecule has 2 atom stereocenters. The van der Waals surface area contributed by atoms with Gasteiger partial charge < -0.3 is 10.2 Å². The summed E-state index contributed by atoms with van der Waals surface area (Å²) in [4.78, 5) is 16.8. The molecule has 0 aromatic carbocycles. The number of hydrogen-bond donors (Lipinski definition) is 1. The Balaban J connectivity index is 1.85. The SMILES string of the molecule is CCC1CCCCN1C(=O)CN1CCN[C@H](C)C1. The number of nitrogens with zero attached hydrogens (tertiary/aromatic N) is 2. The highest BCUT2D eigenvalue weighted by Crippen LogP contribution is 2.19. The summed E-state index contributed by atoms with van der Waals surface area (Å²) in [5.74, 6) is 0.343. The molecule has 0 aliphatic carbocycles. The summed E-state index contributed by atoms with van der Waals surface area (Å²) in [7, 11) is 0. The number of piperazine rings is 1. The van der Waals surface area contributed by atoms with E-state index in [1.165, 1.54) is 19.3 Å². The largest absolute Gasteiger partial charge is 0.339 e. The first-order valence-corrected chi connectivity index (χ1v) is 7.46. The maximum Gasteiger partial charge on any atom is 0.236 e. The smallest absolute Gasteiger partial charge is 0.236 e. The molecule has 2 rings (SSSR count). The van der Waals surface area contributed by atoms with Gasteiger partial charge in [0, 0.05) is 38.3 Å². The molecule has 1 amide bonds. The maximum absolute atomic E-state index is 12.4. The lowest BCUT2D eigenvalue weighted by molar-refractivity contribution is -0.136. The predicted octanol–water partition coefficient (Wildman–Crippen LogP) is 1.07. The molecule has 2 heterocycles. The molecule has 4 nitrogen and oxygen atoms in total. The van der Waals surface area contributed by atoms with Crippen LogP contribution in [0.5, 0.6) is 0 Å². The van der Waals surface area contributed by atoms with Gasteiger partial charge in [-0.15, -0.1) is 0 Å². The first-order chi connectivity index (χ1) is 8.70. The van der Waals surface area contributed by atoms with Crippen LogP contribution >= 0.6 is 0 Å². The van der Waals surface area contributed by atoms with Gasteiger partial charge in [0.1, 0.15) is 0 Å². The Bertz CT molecular complexity index is 282. The third-order valence-corrected chi connectivity index (χ3v) is 4.23. The number of nitrogens with one attached hydrogen (secondary N) is 1. The van der Waals surface area contributed by atoms with E-state index in [4.69, 9.17) is 0 Å².